The molecule has 0 aliphatic carbocycles. The van der Waals surface area contributed by atoms with Crippen LogP contribution in [0.5, 0.6) is 5.75 Å². The molecular weight excluding hydrogens is 434 g/mol. The van der Waals surface area contributed by atoms with E-state index in [1.54, 1.807) is 0 Å². The number of carbonyl (C=O) groups is 1. The first-order chi connectivity index (χ1) is 7.58. The maximum Gasteiger partial charge on any atom is 0.341 e. The third-order valence-electron chi connectivity index (χ3n) is 2.02. The molecule has 0 unspecified atom stereocenters. The second kappa shape index (κ2) is 6.63. The van der Waals surface area contributed by atoms with E-state index in [9.17, 15) is 4.79 Å². The Bertz CT molecular complexity index is 366. The minimum Gasteiger partial charge on any atom is -0.481 e. The van der Waals surface area contributed by atoms with Crippen LogP contribution < -0.4 is 4.74 Å². The molecule has 1 N–H and O–H groups in total. The average Bonchev–Trinajstić information content (AvgIpc) is 2.25. The highest BCUT2D eigenvalue weighted by molar-refractivity contribution is 14.1. The maximum atomic E-state index is 10.5. The van der Waals surface area contributed by atoms with Crippen molar-refractivity contribution in [3.63, 3.8) is 0 Å². The molecule has 0 fully saturated rings. The normalized spacial score (nSPS) is 10.2. The number of aryl methyl sites for hydroxylation is 1. The van der Waals surface area contributed by atoms with Crippen LogP contribution in [-0.2, 0) is 13.6 Å². The van der Waals surface area contributed by atoms with Crippen molar-refractivity contribution in [2.45, 2.75) is 15.8 Å². The fraction of sp³-hybridized carbons (Fsp3) is 0.364. The highest BCUT2D eigenvalue weighted by atomic mass is 127. The molecule has 1 aromatic carbocycles. The molecule has 5 heteroatoms. The number of hydrogen-bond donors (Lipinski definition) is 1. The van der Waals surface area contributed by atoms with Crippen LogP contribution in [0.3, 0.4) is 0 Å². The Morgan fingerprint density at radius 1 is 1.31 bits per heavy atom. The molecule has 0 atom stereocenters. The Hall–Kier alpha value is -0.0500. The van der Waals surface area contributed by atoms with Crippen LogP contribution in [-0.4, -0.2) is 17.7 Å². The van der Waals surface area contributed by atoms with Crippen molar-refractivity contribution in [1.82, 2.24) is 0 Å². The minimum atomic E-state index is -0.945. The highest BCUT2D eigenvalue weighted by Crippen LogP contribution is 2.29. The van der Waals surface area contributed by atoms with E-state index in [0.29, 0.717) is 0 Å². The second-order valence-electron chi connectivity index (χ2n) is 3.36. The van der Waals surface area contributed by atoms with Gasteiger partial charge in [-0.15, -0.1) is 0 Å². The summed E-state index contributed by atoms with van der Waals surface area (Å²) in [6.45, 7) is 1.75. The molecule has 0 aliphatic heterocycles. The number of carboxylic acid groups (broad SMARTS) is 1. The summed E-state index contributed by atoms with van der Waals surface area (Å²) in [6, 6.07) is 4.08. The zero-order valence-electron chi connectivity index (χ0n) is 8.80. The monoisotopic (exact) mass is 446 g/mol. The van der Waals surface area contributed by atoms with Crippen LogP contribution in [0.2, 0.25) is 0 Å². The van der Waals surface area contributed by atoms with Crippen molar-refractivity contribution in [3.8, 4) is 5.75 Å². The zero-order valence-corrected chi connectivity index (χ0v) is 13.1. The van der Waals surface area contributed by atoms with E-state index in [1.807, 2.05) is 19.1 Å². The average molecular weight is 446 g/mol. The Morgan fingerprint density at radius 3 is 2.19 bits per heavy atom. The van der Waals surface area contributed by atoms with E-state index in [2.05, 4.69) is 45.2 Å². The molecule has 0 aliphatic rings. The van der Waals surface area contributed by atoms with E-state index in [0.717, 1.165) is 25.7 Å². The van der Waals surface area contributed by atoms with E-state index in [1.165, 1.54) is 5.56 Å². The van der Waals surface area contributed by atoms with Crippen LogP contribution in [0.25, 0.3) is 0 Å². The van der Waals surface area contributed by atoms with Gasteiger partial charge in [0, 0.05) is 20.0 Å². The standard InChI is InChI=1S/C11H12I2O3/c1-7-2-8(4-12)11(9(3-7)5-13)16-6-10(14)15/h2-3H,4-6H2,1H3,(H,14,15). The second-order valence-corrected chi connectivity index (χ2v) is 4.89. The lowest BCUT2D eigenvalue weighted by Crippen LogP contribution is -2.11. The molecule has 0 amide bonds. The Balaban J connectivity index is 3.06. The quantitative estimate of drug-likeness (QED) is 0.558. The van der Waals surface area contributed by atoms with Gasteiger partial charge in [0.25, 0.3) is 0 Å². The summed E-state index contributed by atoms with van der Waals surface area (Å²) in [6.07, 6.45) is 0. The summed E-state index contributed by atoms with van der Waals surface area (Å²) in [5.41, 5.74) is 3.31. The van der Waals surface area contributed by atoms with Gasteiger partial charge < -0.3 is 9.84 Å². The van der Waals surface area contributed by atoms with Gasteiger partial charge >= 0.3 is 5.97 Å². The largest absolute Gasteiger partial charge is 0.481 e. The number of alkyl halides is 2. The fourth-order valence-electron chi connectivity index (χ4n) is 1.45. The van der Waals surface area contributed by atoms with Gasteiger partial charge in [-0.25, -0.2) is 4.79 Å². The van der Waals surface area contributed by atoms with Crippen LogP contribution in [0, 0.1) is 6.92 Å². The van der Waals surface area contributed by atoms with Crippen molar-refractivity contribution >= 4 is 51.2 Å². The van der Waals surface area contributed by atoms with Gasteiger partial charge in [-0.05, 0) is 6.92 Å². The smallest absolute Gasteiger partial charge is 0.341 e. The Labute approximate surface area is 122 Å². The topological polar surface area (TPSA) is 46.5 Å². The number of rotatable bonds is 5. The number of benzene rings is 1. The molecule has 16 heavy (non-hydrogen) atoms. The summed E-state index contributed by atoms with van der Waals surface area (Å²) < 4.78 is 6.99. The molecule has 0 saturated carbocycles. The van der Waals surface area contributed by atoms with Gasteiger partial charge in [0.2, 0.25) is 0 Å². The first-order valence-corrected chi connectivity index (χ1v) is 7.72. The first-order valence-electron chi connectivity index (χ1n) is 4.67. The summed E-state index contributed by atoms with van der Waals surface area (Å²) in [7, 11) is 0. The summed E-state index contributed by atoms with van der Waals surface area (Å²) >= 11 is 4.51. The van der Waals surface area contributed by atoms with Crippen LogP contribution in [0.15, 0.2) is 12.1 Å². The summed E-state index contributed by atoms with van der Waals surface area (Å²) in [5.74, 6) is -0.212. The molecule has 0 radical (unpaired) electrons. The van der Waals surface area contributed by atoms with E-state index >= 15 is 0 Å². The van der Waals surface area contributed by atoms with Crippen molar-refractivity contribution in [1.29, 1.82) is 0 Å². The van der Waals surface area contributed by atoms with Crippen LogP contribution >= 0.6 is 45.2 Å². The summed E-state index contributed by atoms with van der Waals surface area (Å²) in [4.78, 5) is 10.5. The van der Waals surface area contributed by atoms with E-state index in [-0.39, 0.29) is 6.61 Å². The third-order valence-corrected chi connectivity index (χ3v) is 3.66. The fourth-order valence-corrected chi connectivity index (χ4v) is 2.58. The van der Waals surface area contributed by atoms with E-state index < -0.39 is 5.97 Å². The lowest BCUT2D eigenvalue weighted by Gasteiger charge is -2.13. The van der Waals surface area contributed by atoms with Crippen LogP contribution in [0.4, 0.5) is 0 Å². The molecular formula is C11H12I2O3. The van der Waals surface area contributed by atoms with Gasteiger partial charge in [0.1, 0.15) is 5.75 Å². The molecule has 0 bridgehead atoms. The molecule has 88 valence electrons. The third kappa shape index (κ3) is 3.76. The van der Waals surface area contributed by atoms with Gasteiger partial charge in [-0.2, -0.15) is 0 Å². The minimum absolute atomic E-state index is 0.281. The predicted octanol–water partition coefficient (Wildman–Crippen LogP) is 3.33. The zero-order chi connectivity index (χ0) is 12.1. The van der Waals surface area contributed by atoms with Crippen molar-refractivity contribution in [2.75, 3.05) is 6.61 Å². The molecule has 0 heterocycles. The Kier molecular flexibility index (Phi) is 5.81. The lowest BCUT2D eigenvalue weighted by molar-refractivity contribution is -0.139. The van der Waals surface area contributed by atoms with Gasteiger partial charge in [-0.3, -0.25) is 0 Å². The molecule has 0 aromatic heterocycles. The number of halogens is 2. The molecule has 1 aromatic rings. The molecule has 3 nitrogen and oxygen atoms in total. The highest BCUT2D eigenvalue weighted by Gasteiger charge is 2.11. The van der Waals surface area contributed by atoms with Crippen molar-refractivity contribution in [2.24, 2.45) is 0 Å². The maximum absolute atomic E-state index is 10.5. The van der Waals surface area contributed by atoms with Gasteiger partial charge in [-0.1, -0.05) is 62.9 Å². The van der Waals surface area contributed by atoms with Gasteiger partial charge in [0.15, 0.2) is 6.61 Å². The van der Waals surface area contributed by atoms with Crippen molar-refractivity contribution < 1.29 is 14.6 Å². The molecule has 0 spiro atoms. The van der Waals surface area contributed by atoms with Crippen molar-refractivity contribution in [3.05, 3.63) is 28.8 Å². The number of carboxylic acids is 1. The molecule has 1 rings (SSSR count). The lowest BCUT2D eigenvalue weighted by atomic mass is 10.1. The summed E-state index contributed by atoms with van der Waals surface area (Å²) in [5, 5.41) is 8.63. The first kappa shape index (κ1) is 14.0. The van der Waals surface area contributed by atoms with Crippen LogP contribution in [0.1, 0.15) is 16.7 Å². The molecule has 0 saturated heterocycles. The Morgan fingerprint density at radius 2 is 1.81 bits per heavy atom. The van der Waals surface area contributed by atoms with E-state index in [4.69, 9.17) is 9.84 Å². The number of hydrogen-bond acceptors (Lipinski definition) is 2. The predicted molar refractivity (Wildman–Crippen MR) is 79.8 cm³/mol. The number of aliphatic carboxylic acids is 1. The van der Waals surface area contributed by atoms with Gasteiger partial charge in [0.05, 0.1) is 0 Å². The SMILES string of the molecule is Cc1cc(CI)c(OCC(=O)O)c(CI)c1. The number of ether oxygens (including phenoxy) is 1.